The lowest BCUT2D eigenvalue weighted by Gasteiger charge is -2.34. The van der Waals surface area contributed by atoms with Gasteiger partial charge in [0.2, 0.25) is 17.7 Å². The van der Waals surface area contributed by atoms with Gasteiger partial charge in [-0.1, -0.05) is 36.4 Å². The van der Waals surface area contributed by atoms with Gasteiger partial charge in [0, 0.05) is 26.7 Å². The van der Waals surface area contributed by atoms with Crippen LogP contribution in [0.1, 0.15) is 48.8 Å². The van der Waals surface area contributed by atoms with Gasteiger partial charge in [-0.25, -0.2) is 4.79 Å². The molecule has 4 amide bonds. The number of alkyl carbamates (subject to hydrolysis) is 1. The second-order valence-electron chi connectivity index (χ2n) is 15.1. The highest BCUT2D eigenvalue weighted by molar-refractivity contribution is 5.94. The largest absolute Gasteiger partial charge is 0.494 e. The van der Waals surface area contributed by atoms with Crippen molar-refractivity contribution in [3.05, 3.63) is 65.2 Å². The second kappa shape index (κ2) is 30.6. The molecule has 2 aromatic rings. The van der Waals surface area contributed by atoms with Crippen molar-refractivity contribution < 1.29 is 61.8 Å². The maximum absolute atomic E-state index is 14.0. The lowest BCUT2D eigenvalue weighted by Crippen LogP contribution is -2.55. The molecule has 2 aliphatic heterocycles. The van der Waals surface area contributed by atoms with Crippen LogP contribution in [0.2, 0.25) is 0 Å². The van der Waals surface area contributed by atoms with Crippen molar-refractivity contribution in [2.24, 2.45) is 5.92 Å². The van der Waals surface area contributed by atoms with Crippen molar-refractivity contribution in [2.75, 3.05) is 119 Å². The van der Waals surface area contributed by atoms with Gasteiger partial charge in [0.1, 0.15) is 24.4 Å². The average Bonchev–Trinajstić information content (AvgIpc) is 3.28. The molecule has 0 saturated carbocycles. The molecule has 2 aromatic carbocycles. The van der Waals surface area contributed by atoms with Crippen molar-refractivity contribution in [3.63, 3.8) is 0 Å². The third kappa shape index (κ3) is 20.7. The Bertz CT molecular complexity index is 1590. The Morgan fingerprint density at radius 1 is 0.774 bits per heavy atom. The van der Waals surface area contributed by atoms with Crippen molar-refractivity contribution in [2.45, 2.75) is 64.1 Å². The molecule has 2 aliphatic rings. The molecule has 0 radical (unpaired) electrons. The zero-order chi connectivity index (χ0) is 44.0. The van der Waals surface area contributed by atoms with Gasteiger partial charge in [-0.2, -0.15) is 0 Å². The van der Waals surface area contributed by atoms with Crippen molar-refractivity contribution in [1.82, 2.24) is 20.9 Å². The van der Waals surface area contributed by atoms with Crippen LogP contribution in [0.4, 0.5) is 4.79 Å². The summed E-state index contributed by atoms with van der Waals surface area (Å²) in [6, 6.07) is 13.2. The fourth-order valence-corrected chi connectivity index (χ4v) is 6.84. The summed E-state index contributed by atoms with van der Waals surface area (Å²) in [5.74, 6) is -0.375. The number of ether oxygens (including phenoxy) is 9. The summed E-state index contributed by atoms with van der Waals surface area (Å²) in [4.78, 5) is 56.2. The Kier molecular flexibility index (Phi) is 24.9. The average molecular weight is 873 g/mol. The minimum atomic E-state index is -1.29. The highest BCUT2D eigenvalue weighted by Crippen LogP contribution is 2.23. The summed E-state index contributed by atoms with van der Waals surface area (Å²) in [6.07, 6.45) is 2.15. The van der Waals surface area contributed by atoms with Crippen LogP contribution in [0.25, 0.3) is 0 Å². The van der Waals surface area contributed by atoms with Gasteiger partial charge in [0.05, 0.1) is 98.9 Å². The SMILES string of the molecule is COCCOCCOCCOCCOCCOCCOCCOC(=O)N[C@H]1CC(=O)N2CCCC(CCOc3ccc(C)c(c3)CNC(=O)[C@H](CCc3ccccc3)NC1=O)C2. The Morgan fingerprint density at radius 2 is 1.39 bits per heavy atom. The first kappa shape index (κ1) is 50.3. The number of benzene rings is 2. The third-order valence-corrected chi connectivity index (χ3v) is 10.4. The summed E-state index contributed by atoms with van der Waals surface area (Å²) in [7, 11) is 1.63. The number of methoxy groups -OCH3 is 1. The normalized spacial score (nSPS) is 18.8. The molecule has 4 rings (SSSR count). The molecule has 3 atom stereocenters. The summed E-state index contributed by atoms with van der Waals surface area (Å²) in [5, 5.41) is 8.41. The first-order valence-electron chi connectivity index (χ1n) is 21.8. The number of carbonyl (C=O) groups excluding carboxylic acids is 4. The molecule has 4 bridgehead atoms. The zero-order valence-electron chi connectivity index (χ0n) is 36.6. The number of nitrogens with zero attached hydrogens (tertiary/aromatic N) is 1. The van der Waals surface area contributed by atoms with E-state index in [-0.39, 0.29) is 56.9 Å². The van der Waals surface area contributed by atoms with Crippen LogP contribution >= 0.6 is 0 Å². The lowest BCUT2D eigenvalue weighted by molar-refractivity contribution is -0.137. The van der Waals surface area contributed by atoms with E-state index >= 15 is 0 Å². The predicted octanol–water partition coefficient (Wildman–Crippen LogP) is 2.98. The fourth-order valence-electron chi connectivity index (χ4n) is 6.84. The Balaban J connectivity index is 1.21. The molecule has 17 heteroatoms. The van der Waals surface area contributed by atoms with E-state index < -0.39 is 24.1 Å². The van der Waals surface area contributed by atoms with E-state index in [1.165, 1.54) is 0 Å². The predicted molar refractivity (Wildman–Crippen MR) is 229 cm³/mol. The Hall–Kier alpha value is -4.36. The number of hydrogen-bond donors (Lipinski definition) is 3. The molecule has 1 fully saturated rings. The maximum Gasteiger partial charge on any atom is 0.407 e. The van der Waals surface area contributed by atoms with Crippen molar-refractivity contribution >= 4 is 23.8 Å². The maximum atomic E-state index is 14.0. The summed E-state index contributed by atoms with van der Waals surface area (Å²) < 4.78 is 49.1. The van der Waals surface area contributed by atoms with Crippen LogP contribution in [0.5, 0.6) is 5.75 Å². The number of fused-ring (bicyclic) bond motifs is 4. The first-order valence-corrected chi connectivity index (χ1v) is 21.8. The van der Waals surface area contributed by atoms with Crippen molar-refractivity contribution in [1.29, 1.82) is 0 Å². The molecule has 346 valence electrons. The summed E-state index contributed by atoms with van der Waals surface area (Å²) in [5.41, 5.74) is 2.89. The molecule has 1 saturated heterocycles. The van der Waals surface area contributed by atoms with Gasteiger partial charge in [0.25, 0.3) is 0 Å². The lowest BCUT2D eigenvalue weighted by atomic mass is 9.94. The van der Waals surface area contributed by atoms with Crippen molar-refractivity contribution in [3.8, 4) is 5.75 Å². The molecule has 2 heterocycles. The first-order chi connectivity index (χ1) is 30.3. The minimum Gasteiger partial charge on any atom is -0.494 e. The molecular weight excluding hydrogens is 805 g/mol. The van der Waals surface area contributed by atoms with E-state index in [0.717, 1.165) is 36.0 Å². The van der Waals surface area contributed by atoms with Gasteiger partial charge < -0.3 is 63.5 Å². The van der Waals surface area contributed by atoms with E-state index in [0.29, 0.717) is 105 Å². The van der Waals surface area contributed by atoms with Crippen LogP contribution < -0.4 is 20.7 Å². The second-order valence-corrected chi connectivity index (χ2v) is 15.1. The van der Waals surface area contributed by atoms with Gasteiger partial charge in [-0.15, -0.1) is 0 Å². The van der Waals surface area contributed by atoms with Crippen LogP contribution in [-0.2, 0) is 65.2 Å². The smallest absolute Gasteiger partial charge is 0.407 e. The molecule has 0 aromatic heterocycles. The highest BCUT2D eigenvalue weighted by Gasteiger charge is 2.32. The summed E-state index contributed by atoms with van der Waals surface area (Å²) in [6.45, 7) is 9.09. The van der Waals surface area contributed by atoms with Gasteiger partial charge >= 0.3 is 6.09 Å². The number of piperidine rings is 1. The molecule has 0 spiro atoms. The van der Waals surface area contributed by atoms with E-state index in [1.807, 2.05) is 55.5 Å². The van der Waals surface area contributed by atoms with Gasteiger partial charge in [-0.05, 0) is 73.8 Å². The molecule has 17 nitrogen and oxygen atoms in total. The quantitative estimate of drug-likeness (QED) is 0.124. The van der Waals surface area contributed by atoms with Crippen LogP contribution in [-0.4, -0.2) is 160 Å². The molecule has 1 unspecified atom stereocenters. The van der Waals surface area contributed by atoms with Crippen LogP contribution in [0.3, 0.4) is 0 Å². The fraction of sp³-hybridized carbons (Fsp3) is 0.644. The van der Waals surface area contributed by atoms with Gasteiger partial charge in [0.15, 0.2) is 0 Å². The highest BCUT2D eigenvalue weighted by atomic mass is 16.6. The van der Waals surface area contributed by atoms with Crippen LogP contribution in [0.15, 0.2) is 48.5 Å². The summed E-state index contributed by atoms with van der Waals surface area (Å²) >= 11 is 0. The molecule has 0 aliphatic carbocycles. The number of hydrogen-bond acceptors (Lipinski definition) is 13. The number of carbonyl (C=O) groups is 4. The van der Waals surface area contributed by atoms with E-state index in [2.05, 4.69) is 16.0 Å². The zero-order valence-corrected chi connectivity index (χ0v) is 36.6. The minimum absolute atomic E-state index is 0.0912. The number of rotatable bonds is 25. The molecule has 62 heavy (non-hydrogen) atoms. The van der Waals surface area contributed by atoms with E-state index in [1.54, 1.807) is 12.0 Å². The molecular formula is C45H68N4O13. The van der Waals surface area contributed by atoms with Crippen LogP contribution in [0, 0.1) is 12.8 Å². The number of aryl methyl sites for hydroxylation is 2. The Labute approximate surface area is 366 Å². The monoisotopic (exact) mass is 872 g/mol. The Morgan fingerprint density at radius 3 is 2.02 bits per heavy atom. The number of nitrogens with one attached hydrogen (secondary N) is 3. The van der Waals surface area contributed by atoms with Gasteiger partial charge in [-0.3, -0.25) is 14.4 Å². The topological polar surface area (TPSA) is 191 Å². The standard InChI is InChI=1S/C45H68N4O13/c1-35-10-12-39-31-38(35)33-46-43(51)40(13-11-36-7-4-3-5-8-36)47-44(52)41(32-42(50)49-15-6-9-37(34-49)14-16-61-39)48-45(53)62-30-29-60-28-27-59-26-25-58-24-23-57-22-21-56-20-19-55-18-17-54-2/h3-5,7-8,10,12,31,37,40-41H,6,9,11,13-30,32-34H2,1-2H3,(H,46,51)(H,47,52)(H,48,53)/t37?,40-,41-/m0/s1. The van der Waals surface area contributed by atoms with E-state index in [4.69, 9.17) is 42.6 Å². The van der Waals surface area contributed by atoms with E-state index in [9.17, 15) is 19.2 Å². The number of amides is 4. The third-order valence-electron chi connectivity index (χ3n) is 10.4. The molecule has 3 N–H and O–H groups in total.